The van der Waals surface area contributed by atoms with E-state index in [0.717, 1.165) is 25.9 Å². The summed E-state index contributed by atoms with van der Waals surface area (Å²) in [5, 5.41) is 0. The summed E-state index contributed by atoms with van der Waals surface area (Å²) in [6.45, 7) is 12.0. The molecule has 1 fully saturated rings. The van der Waals surface area contributed by atoms with E-state index in [4.69, 9.17) is 10.5 Å². The molecule has 4 nitrogen and oxygen atoms in total. The topological polar surface area (TPSA) is 55.6 Å². The summed E-state index contributed by atoms with van der Waals surface area (Å²) in [5.41, 5.74) is 5.52. The van der Waals surface area contributed by atoms with Gasteiger partial charge in [-0.15, -0.1) is 0 Å². The highest BCUT2D eigenvalue weighted by molar-refractivity contribution is 5.68. The van der Waals surface area contributed by atoms with E-state index in [0.29, 0.717) is 12.5 Å². The SMILES string of the molecule is CC(C)CN(CC1(CN)CC1)C(=O)OC(C)(C)C. The van der Waals surface area contributed by atoms with Gasteiger partial charge >= 0.3 is 6.09 Å². The van der Waals surface area contributed by atoms with E-state index in [1.54, 1.807) is 0 Å². The van der Waals surface area contributed by atoms with Gasteiger partial charge in [-0.3, -0.25) is 0 Å². The monoisotopic (exact) mass is 256 g/mol. The smallest absolute Gasteiger partial charge is 0.410 e. The number of hydrogen-bond acceptors (Lipinski definition) is 3. The predicted molar refractivity (Wildman–Crippen MR) is 73.4 cm³/mol. The molecule has 0 unspecified atom stereocenters. The van der Waals surface area contributed by atoms with Crippen molar-refractivity contribution in [1.29, 1.82) is 0 Å². The van der Waals surface area contributed by atoms with E-state index in [1.165, 1.54) is 0 Å². The van der Waals surface area contributed by atoms with E-state index in [1.807, 2.05) is 25.7 Å². The number of hydrogen-bond donors (Lipinski definition) is 1. The molecular formula is C14H28N2O2. The zero-order valence-electron chi connectivity index (χ0n) is 12.5. The molecule has 18 heavy (non-hydrogen) atoms. The van der Waals surface area contributed by atoms with Gasteiger partial charge in [0.1, 0.15) is 5.60 Å². The number of carbonyl (C=O) groups is 1. The molecule has 1 amide bonds. The number of nitrogens with zero attached hydrogens (tertiary/aromatic N) is 1. The molecule has 0 atom stereocenters. The second kappa shape index (κ2) is 5.47. The zero-order valence-corrected chi connectivity index (χ0v) is 12.5. The molecule has 4 heteroatoms. The molecule has 0 aromatic rings. The van der Waals surface area contributed by atoms with Gasteiger partial charge < -0.3 is 15.4 Å². The molecule has 0 aromatic carbocycles. The lowest BCUT2D eigenvalue weighted by atomic mass is 10.1. The molecule has 106 valence electrons. The first-order valence-electron chi connectivity index (χ1n) is 6.85. The Kier molecular flexibility index (Phi) is 4.65. The summed E-state index contributed by atoms with van der Waals surface area (Å²) in [6.07, 6.45) is 2.04. The van der Waals surface area contributed by atoms with Crippen molar-refractivity contribution in [3.63, 3.8) is 0 Å². The van der Waals surface area contributed by atoms with Gasteiger partial charge in [-0.05, 0) is 46.1 Å². The largest absolute Gasteiger partial charge is 0.444 e. The molecule has 1 rings (SSSR count). The molecule has 0 spiro atoms. The van der Waals surface area contributed by atoms with Crippen molar-refractivity contribution in [2.24, 2.45) is 17.1 Å². The Morgan fingerprint density at radius 3 is 2.28 bits per heavy atom. The van der Waals surface area contributed by atoms with Crippen LogP contribution in [0.25, 0.3) is 0 Å². The number of rotatable bonds is 5. The summed E-state index contributed by atoms with van der Waals surface area (Å²) in [5.74, 6) is 0.436. The standard InChI is InChI=1S/C14H28N2O2/c1-11(2)8-16(10-14(9-15)6-7-14)12(17)18-13(3,4)5/h11H,6-10,15H2,1-5H3. The summed E-state index contributed by atoms with van der Waals surface area (Å²) >= 11 is 0. The number of nitrogens with two attached hydrogens (primary N) is 1. The van der Waals surface area contributed by atoms with E-state index in [9.17, 15) is 4.79 Å². The first-order valence-corrected chi connectivity index (χ1v) is 6.85. The lowest BCUT2D eigenvalue weighted by Gasteiger charge is -2.31. The van der Waals surface area contributed by atoms with Crippen molar-refractivity contribution in [2.75, 3.05) is 19.6 Å². The minimum atomic E-state index is -0.439. The summed E-state index contributed by atoms with van der Waals surface area (Å²) in [7, 11) is 0. The Morgan fingerprint density at radius 1 is 1.39 bits per heavy atom. The molecule has 1 aliphatic rings. The van der Waals surface area contributed by atoms with Gasteiger partial charge in [-0.1, -0.05) is 13.8 Å². The summed E-state index contributed by atoms with van der Waals surface area (Å²) < 4.78 is 5.47. The lowest BCUT2D eigenvalue weighted by Crippen LogP contribution is -2.43. The fourth-order valence-corrected chi connectivity index (χ4v) is 1.98. The van der Waals surface area contributed by atoms with Crippen molar-refractivity contribution in [2.45, 2.75) is 53.1 Å². The van der Waals surface area contributed by atoms with Gasteiger partial charge in [-0.25, -0.2) is 4.79 Å². The van der Waals surface area contributed by atoms with Crippen LogP contribution in [0.5, 0.6) is 0 Å². The third-order valence-corrected chi connectivity index (χ3v) is 3.15. The molecule has 1 saturated carbocycles. The molecule has 0 aromatic heterocycles. The Hall–Kier alpha value is -0.770. The number of amides is 1. The second-order valence-electron chi connectivity index (χ2n) is 6.96. The Bertz CT molecular complexity index is 291. The van der Waals surface area contributed by atoms with Crippen LogP contribution >= 0.6 is 0 Å². The highest BCUT2D eigenvalue weighted by Crippen LogP contribution is 2.45. The second-order valence-corrected chi connectivity index (χ2v) is 6.96. The van der Waals surface area contributed by atoms with Crippen molar-refractivity contribution >= 4 is 6.09 Å². The fourth-order valence-electron chi connectivity index (χ4n) is 1.98. The molecule has 1 aliphatic carbocycles. The van der Waals surface area contributed by atoms with Crippen LogP contribution in [0.15, 0.2) is 0 Å². The maximum absolute atomic E-state index is 12.2. The Morgan fingerprint density at radius 2 is 1.94 bits per heavy atom. The van der Waals surface area contributed by atoms with Crippen molar-refractivity contribution in [1.82, 2.24) is 4.90 Å². The Balaban J connectivity index is 2.63. The van der Waals surface area contributed by atoms with Gasteiger partial charge in [0.25, 0.3) is 0 Å². The van der Waals surface area contributed by atoms with Crippen LogP contribution in [-0.4, -0.2) is 36.2 Å². The maximum atomic E-state index is 12.2. The fraction of sp³-hybridized carbons (Fsp3) is 0.929. The van der Waals surface area contributed by atoms with Crippen LogP contribution in [-0.2, 0) is 4.74 Å². The van der Waals surface area contributed by atoms with Gasteiger partial charge in [0, 0.05) is 18.5 Å². The highest BCUT2D eigenvalue weighted by Gasteiger charge is 2.44. The third-order valence-electron chi connectivity index (χ3n) is 3.15. The van der Waals surface area contributed by atoms with Crippen LogP contribution in [0.3, 0.4) is 0 Å². The Labute approximate surface area is 111 Å². The van der Waals surface area contributed by atoms with Crippen LogP contribution in [0.1, 0.15) is 47.5 Å². The molecule has 0 aliphatic heterocycles. The zero-order chi connectivity index (χ0) is 14.0. The average Bonchev–Trinajstić information content (AvgIpc) is 2.94. The average molecular weight is 256 g/mol. The lowest BCUT2D eigenvalue weighted by molar-refractivity contribution is 0.0189. The van der Waals surface area contributed by atoms with E-state index in [-0.39, 0.29) is 11.5 Å². The van der Waals surface area contributed by atoms with Crippen LogP contribution in [0.2, 0.25) is 0 Å². The van der Waals surface area contributed by atoms with E-state index < -0.39 is 5.60 Å². The predicted octanol–water partition coefficient (Wildman–Crippen LogP) is 2.62. The summed E-state index contributed by atoms with van der Waals surface area (Å²) in [4.78, 5) is 14.0. The molecule has 2 N–H and O–H groups in total. The van der Waals surface area contributed by atoms with Crippen molar-refractivity contribution in [3.05, 3.63) is 0 Å². The molecule has 0 bridgehead atoms. The van der Waals surface area contributed by atoms with Gasteiger partial charge in [0.2, 0.25) is 0 Å². The third kappa shape index (κ3) is 4.84. The molecule has 0 radical (unpaired) electrons. The molecule has 0 heterocycles. The first kappa shape index (κ1) is 15.3. The van der Waals surface area contributed by atoms with Crippen LogP contribution in [0, 0.1) is 11.3 Å². The number of carbonyl (C=O) groups excluding carboxylic acids is 1. The van der Waals surface area contributed by atoms with Gasteiger partial charge in [0.15, 0.2) is 0 Å². The summed E-state index contributed by atoms with van der Waals surface area (Å²) in [6, 6.07) is 0. The first-order chi connectivity index (χ1) is 8.17. The quantitative estimate of drug-likeness (QED) is 0.822. The van der Waals surface area contributed by atoms with E-state index >= 15 is 0 Å². The van der Waals surface area contributed by atoms with Crippen LogP contribution < -0.4 is 5.73 Å². The minimum Gasteiger partial charge on any atom is -0.444 e. The molecule has 0 saturated heterocycles. The minimum absolute atomic E-state index is 0.159. The van der Waals surface area contributed by atoms with Crippen molar-refractivity contribution < 1.29 is 9.53 Å². The van der Waals surface area contributed by atoms with Crippen LogP contribution in [0.4, 0.5) is 4.79 Å². The van der Waals surface area contributed by atoms with Gasteiger partial charge in [0.05, 0.1) is 0 Å². The number of ether oxygens (including phenoxy) is 1. The van der Waals surface area contributed by atoms with E-state index in [2.05, 4.69) is 13.8 Å². The van der Waals surface area contributed by atoms with Gasteiger partial charge in [-0.2, -0.15) is 0 Å². The molecular weight excluding hydrogens is 228 g/mol. The normalized spacial score (nSPS) is 17.7. The maximum Gasteiger partial charge on any atom is 0.410 e. The van der Waals surface area contributed by atoms with Crippen molar-refractivity contribution in [3.8, 4) is 0 Å². The highest BCUT2D eigenvalue weighted by atomic mass is 16.6.